The number of carbonyl (C=O) groups excluding carboxylic acids is 2. The molecule has 2 heterocycles. The van der Waals surface area contributed by atoms with Crippen molar-refractivity contribution < 1.29 is 19.1 Å². The van der Waals surface area contributed by atoms with E-state index in [0.717, 1.165) is 0 Å². The molecule has 1 aliphatic heterocycles. The minimum Gasteiger partial charge on any atom is -0.376 e. The highest BCUT2D eigenvalue weighted by Crippen LogP contribution is 2.25. The monoisotopic (exact) mass is 249 g/mol. The molecule has 0 aromatic carbocycles. The Labute approximate surface area is 105 Å². The zero-order valence-electron chi connectivity index (χ0n) is 10.4. The van der Waals surface area contributed by atoms with Crippen LogP contribution in [0.2, 0.25) is 0 Å². The van der Waals surface area contributed by atoms with Crippen LogP contribution < -0.4 is 0 Å². The highest BCUT2D eigenvalue weighted by Gasteiger charge is 2.22. The van der Waals surface area contributed by atoms with Gasteiger partial charge in [-0.1, -0.05) is 0 Å². The summed E-state index contributed by atoms with van der Waals surface area (Å²) < 4.78 is 10.9. The highest BCUT2D eigenvalue weighted by molar-refractivity contribution is 5.97. The number of carbonyl (C=O) groups is 2. The highest BCUT2D eigenvalue weighted by atomic mass is 16.6. The third-order valence-electron chi connectivity index (χ3n) is 2.84. The van der Waals surface area contributed by atoms with Crippen LogP contribution in [0.5, 0.6) is 0 Å². The summed E-state index contributed by atoms with van der Waals surface area (Å²) in [4.78, 5) is 26.9. The van der Waals surface area contributed by atoms with E-state index in [2.05, 4.69) is 4.98 Å². The van der Waals surface area contributed by atoms with Gasteiger partial charge in [0.2, 0.25) is 0 Å². The van der Waals surface area contributed by atoms with Crippen molar-refractivity contribution in [1.29, 1.82) is 0 Å². The normalized spacial score (nSPS) is 19.6. The van der Waals surface area contributed by atoms with Crippen molar-refractivity contribution in [3.8, 4) is 0 Å². The van der Waals surface area contributed by atoms with Crippen LogP contribution in [-0.4, -0.2) is 36.4 Å². The van der Waals surface area contributed by atoms with Crippen LogP contribution in [0.15, 0.2) is 12.3 Å². The second-order valence-corrected chi connectivity index (χ2v) is 4.20. The van der Waals surface area contributed by atoms with Crippen LogP contribution in [0.25, 0.3) is 0 Å². The number of rotatable bonds is 3. The fourth-order valence-electron chi connectivity index (χ4n) is 1.89. The summed E-state index contributed by atoms with van der Waals surface area (Å²) in [5, 5.41) is 0. The van der Waals surface area contributed by atoms with Gasteiger partial charge in [0.05, 0.1) is 19.8 Å². The third-order valence-corrected chi connectivity index (χ3v) is 2.84. The summed E-state index contributed by atoms with van der Waals surface area (Å²) in [6, 6.07) is 1.62. The summed E-state index contributed by atoms with van der Waals surface area (Å²) in [5.74, 6) is -0.232. The second-order valence-electron chi connectivity index (χ2n) is 4.20. The smallest absolute Gasteiger partial charge is 0.178 e. The molecule has 1 aliphatic rings. The first kappa shape index (κ1) is 12.9. The van der Waals surface area contributed by atoms with Gasteiger partial charge >= 0.3 is 0 Å². The lowest BCUT2D eigenvalue weighted by atomic mass is 10.00. The lowest BCUT2D eigenvalue weighted by Gasteiger charge is -2.24. The van der Waals surface area contributed by atoms with Crippen LogP contribution >= 0.6 is 0 Å². The van der Waals surface area contributed by atoms with Gasteiger partial charge in [-0.25, -0.2) is 0 Å². The van der Waals surface area contributed by atoms with Crippen LogP contribution in [0.1, 0.15) is 46.4 Å². The lowest BCUT2D eigenvalue weighted by Crippen LogP contribution is -2.24. The first-order chi connectivity index (χ1) is 8.59. The Kier molecular flexibility index (Phi) is 3.84. The molecule has 1 atom stereocenters. The standard InChI is InChI=1S/C13H15NO4/c1-8(15)11-6-14-12(9(2)16)5-10(11)13-7-17-3-4-18-13/h5-6,13H,3-4,7H2,1-2H3/t13-/m1/s1. The predicted octanol–water partition coefficient (Wildman–Crippen LogP) is 1.57. The van der Waals surface area contributed by atoms with E-state index < -0.39 is 0 Å². The number of hydrogen-bond donors (Lipinski definition) is 0. The number of hydrogen-bond acceptors (Lipinski definition) is 5. The first-order valence-electron chi connectivity index (χ1n) is 5.80. The molecule has 0 N–H and O–H groups in total. The average Bonchev–Trinajstić information content (AvgIpc) is 2.39. The molecule has 1 saturated heterocycles. The number of ether oxygens (including phenoxy) is 2. The Bertz CT molecular complexity index is 478. The van der Waals surface area contributed by atoms with E-state index in [1.54, 1.807) is 6.07 Å². The molecule has 5 heteroatoms. The van der Waals surface area contributed by atoms with Crippen LogP contribution in [0.3, 0.4) is 0 Å². The zero-order chi connectivity index (χ0) is 13.1. The SMILES string of the molecule is CC(=O)c1cc([C@H]2COCCO2)c(C(C)=O)cn1. The molecule has 5 nitrogen and oxygen atoms in total. The molecule has 0 amide bonds. The maximum absolute atomic E-state index is 11.6. The molecule has 0 bridgehead atoms. The molecule has 0 aliphatic carbocycles. The summed E-state index contributed by atoms with van der Waals surface area (Å²) >= 11 is 0. The maximum Gasteiger partial charge on any atom is 0.178 e. The van der Waals surface area contributed by atoms with Crippen molar-refractivity contribution in [1.82, 2.24) is 4.98 Å². The van der Waals surface area contributed by atoms with Gasteiger partial charge < -0.3 is 9.47 Å². The van der Waals surface area contributed by atoms with Gasteiger partial charge in [-0.2, -0.15) is 0 Å². The molecule has 96 valence electrons. The predicted molar refractivity (Wildman–Crippen MR) is 63.8 cm³/mol. The Morgan fingerprint density at radius 3 is 2.61 bits per heavy atom. The fourth-order valence-corrected chi connectivity index (χ4v) is 1.89. The van der Waals surface area contributed by atoms with E-state index in [4.69, 9.17) is 9.47 Å². The molecule has 1 fully saturated rings. The van der Waals surface area contributed by atoms with Crippen molar-refractivity contribution in [3.63, 3.8) is 0 Å². The molecule has 2 rings (SSSR count). The van der Waals surface area contributed by atoms with Gasteiger partial charge in [-0.05, 0) is 18.6 Å². The van der Waals surface area contributed by atoms with Gasteiger partial charge in [-0.15, -0.1) is 0 Å². The quantitative estimate of drug-likeness (QED) is 0.761. The number of nitrogens with zero attached hydrogens (tertiary/aromatic N) is 1. The van der Waals surface area contributed by atoms with E-state index in [1.807, 2.05) is 0 Å². The number of aromatic nitrogens is 1. The molecule has 18 heavy (non-hydrogen) atoms. The van der Waals surface area contributed by atoms with E-state index in [0.29, 0.717) is 36.6 Å². The minimum absolute atomic E-state index is 0.0956. The molecule has 1 aromatic rings. The maximum atomic E-state index is 11.6. The van der Waals surface area contributed by atoms with Gasteiger partial charge in [0.1, 0.15) is 11.8 Å². The van der Waals surface area contributed by atoms with Crippen LogP contribution in [-0.2, 0) is 9.47 Å². The second kappa shape index (κ2) is 5.37. The van der Waals surface area contributed by atoms with Crippen molar-refractivity contribution in [2.45, 2.75) is 20.0 Å². The van der Waals surface area contributed by atoms with E-state index in [-0.39, 0.29) is 17.7 Å². The fraction of sp³-hybridized carbons (Fsp3) is 0.462. The number of Topliss-reactive ketones (excluding diaryl/α,β-unsaturated/α-hetero) is 2. The Morgan fingerprint density at radius 2 is 2.06 bits per heavy atom. The Hall–Kier alpha value is -1.59. The zero-order valence-corrected chi connectivity index (χ0v) is 10.4. The molecular formula is C13H15NO4. The molecular weight excluding hydrogens is 234 g/mol. The van der Waals surface area contributed by atoms with E-state index in [9.17, 15) is 9.59 Å². The van der Waals surface area contributed by atoms with Crippen molar-refractivity contribution in [2.24, 2.45) is 0 Å². The van der Waals surface area contributed by atoms with Gasteiger partial charge in [-0.3, -0.25) is 14.6 Å². The number of ketones is 2. The number of pyridine rings is 1. The van der Waals surface area contributed by atoms with E-state index in [1.165, 1.54) is 20.0 Å². The van der Waals surface area contributed by atoms with Crippen molar-refractivity contribution in [2.75, 3.05) is 19.8 Å². The first-order valence-corrected chi connectivity index (χ1v) is 5.80. The summed E-state index contributed by atoms with van der Waals surface area (Å²) in [6.45, 7) is 4.34. The lowest BCUT2D eigenvalue weighted by molar-refractivity contribution is -0.0903. The topological polar surface area (TPSA) is 65.5 Å². The van der Waals surface area contributed by atoms with E-state index >= 15 is 0 Å². The van der Waals surface area contributed by atoms with Crippen molar-refractivity contribution in [3.05, 3.63) is 29.1 Å². The largest absolute Gasteiger partial charge is 0.376 e. The summed E-state index contributed by atoms with van der Waals surface area (Å²) in [6.07, 6.45) is 1.13. The van der Waals surface area contributed by atoms with Crippen molar-refractivity contribution >= 4 is 11.6 Å². The van der Waals surface area contributed by atoms with Gasteiger partial charge in [0, 0.05) is 18.7 Å². The minimum atomic E-state index is -0.307. The molecule has 0 unspecified atom stereocenters. The van der Waals surface area contributed by atoms with Crippen LogP contribution in [0, 0.1) is 0 Å². The van der Waals surface area contributed by atoms with Crippen LogP contribution in [0.4, 0.5) is 0 Å². The molecule has 0 radical (unpaired) electrons. The molecule has 1 aromatic heterocycles. The average molecular weight is 249 g/mol. The van der Waals surface area contributed by atoms with Gasteiger partial charge in [0.15, 0.2) is 11.6 Å². The third kappa shape index (κ3) is 2.63. The summed E-state index contributed by atoms with van der Waals surface area (Å²) in [5.41, 5.74) is 1.50. The summed E-state index contributed by atoms with van der Waals surface area (Å²) in [7, 11) is 0. The Balaban J connectivity index is 2.42. The molecule has 0 spiro atoms. The van der Waals surface area contributed by atoms with Gasteiger partial charge in [0.25, 0.3) is 0 Å². The molecule has 0 saturated carbocycles. The Morgan fingerprint density at radius 1 is 1.28 bits per heavy atom.